The topological polar surface area (TPSA) is 9.23 Å². The smallest absolute Gasteiger partial charge is 0.368 e. The highest BCUT2D eigenvalue weighted by molar-refractivity contribution is 5.07. The summed E-state index contributed by atoms with van der Waals surface area (Å²) in [5, 5.41) is 0. The number of ether oxygens (including phenoxy) is 1. The van der Waals surface area contributed by atoms with Crippen molar-refractivity contribution in [1.29, 1.82) is 0 Å². The average molecular weight is 208 g/mol. The van der Waals surface area contributed by atoms with E-state index >= 15 is 0 Å². The van der Waals surface area contributed by atoms with E-state index in [1.807, 2.05) is 13.8 Å². The van der Waals surface area contributed by atoms with Crippen molar-refractivity contribution in [2.45, 2.75) is 39.0 Å². The zero-order valence-corrected chi connectivity index (χ0v) is 8.40. The minimum Gasteiger partial charge on any atom is -0.368 e. The number of rotatable bonds is 1. The van der Waals surface area contributed by atoms with Crippen LogP contribution in [0, 0.1) is 5.92 Å². The van der Waals surface area contributed by atoms with Gasteiger partial charge < -0.3 is 4.74 Å². The summed E-state index contributed by atoms with van der Waals surface area (Å²) in [4.78, 5) is 0. The van der Waals surface area contributed by atoms with Crippen LogP contribution in [0.3, 0.4) is 0 Å². The number of hydrogen-bond acceptors (Lipinski definition) is 1. The molecule has 1 rings (SSSR count). The summed E-state index contributed by atoms with van der Waals surface area (Å²) in [6.07, 6.45) is -3.60. The van der Waals surface area contributed by atoms with Crippen LogP contribution in [0.5, 0.6) is 0 Å². The van der Waals surface area contributed by atoms with Gasteiger partial charge in [-0.15, -0.1) is 0 Å². The van der Waals surface area contributed by atoms with Crippen molar-refractivity contribution in [2.75, 3.05) is 6.61 Å². The lowest BCUT2D eigenvalue weighted by molar-refractivity contribution is -0.217. The summed E-state index contributed by atoms with van der Waals surface area (Å²) < 4.78 is 41.7. The average Bonchev–Trinajstić information content (AvgIpc) is 2.26. The van der Waals surface area contributed by atoms with Gasteiger partial charge in [0, 0.05) is 6.42 Å². The van der Waals surface area contributed by atoms with Crippen molar-refractivity contribution in [3.05, 3.63) is 11.6 Å². The molecular weight excluding hydrogens is 193 g/mol. The first kappa shape index (κ1) is 11.6. The monoisotopic (exact) mass is 208 g/mol. The van der Waals surface area contributed by atoms with E-state index in [9.17, 15) is 13.2 Å². The van der Waals surface area contributed by atoms with Gasteiger partial charge in [0.05, 0.1) is 6.61 Å². The highest BCUT2D eigenvalue weighted by atomic mass is 19.4. The molecule has 14 heavy (non-hydrogen) atoms. The minimum absolute atomic E-state index is 0.0446. The molecule has 0 radical (unpaired) electrons. The molecule has 82 valence electrons. The van der Waals surface area contributed by atoms with Crippen LogP contribution >= 0.6 is 0 Å². The Morgan fingerprint density at radius 1 is 1.43 bits per heavy atom. The second-order valence-electron chi connectivity index (χ2n) is 3.82. The minimum atomic E-state index is -4.23. The molecule has 1 nitrogen and oxygen atoms in total. The predicted octanol–water partition coefficient (Wildman–Crippen LogP) is 3.31. The molecule has 1 aliphatic heterocycles. The fourth-order valence-corrected chi connectivity index (χ4v) is 1.50. The zero-order chi connectivity index (χ0) is 10.8. The fourth-order valence-electron chi connectivity index (χ4n) is 1.50. The second-order valence-corrected chi connectivity index (χ2v) is 3.82. The third-order valence-corrected chi connectivity index (χ3v) is 2.41. The third-order valence-electron chi connectivity index (χ3n) is 2.41. The summed E-state index contributed by atoms with van der Waals surface area (Å²) in [7, 11) is 0. The van der Waals surface area contributed by atoms with E-state index in [2.05, 4.69) is 0 Å². The van der Waals surface area contributed by atoms with E-state index in [1.54, 1.807) is 6.08 Å². The van der Waals surface area contributed by atoms with Crippen LogP contribution in [0.4, 0.5) is 13.2 Å². The third kappa shape index (κ3) is 3.01. The van der Waals surface area contributed by atoms with Gasteiger partial charge in [0.15, 0.2) is 6.10 Å². The standard InChI is InChI=1S/C10H15F3O/c1-7(2)8-3-4-9(10(11,12)13)14-6-5-8/h3,7,9H,4-6H2,1-2H3. The lowest BCUT2D eigenvalue weighted by atomic mass is 9.99. The molecular formula is C10H15F3O. The molecule has 1 atom stereocenters. The Kier molecular flexibility index (Phi) is 3.59. The van der Waals surface area contributed by atoms with Gasteiger partial charge in [-0.1, -0.05) is 25.5 Å². The van der Waals surface area contributed by atoms with E-state index in [-0.39, 0.29) is 13.0 Å². The van der Waals surface area contributed by atoms with Crippen molar-refractivity contribution in [2.24, 2.45) is 5.92 Å². The van der Waals surface area contributed by atoms with Crippen LogP contribution < -0.4 is 0 Å². The molecule has 1 aliphatic rings. The number of hydrogen-bond donors (Lipinski definition) is 0. The zero-order valence-electron chi connectivity index (χ0n) is 8.40. The summed E-state index contributed by atoms with van der Waals surface area (Å²) in [5.41, 5.74) is 1.07. The Balaban J connectivity index is 2.64. The van der Waals surface area contributed by atoms with Crippen molar-refractivity contribution >= 4 is 0 Å². The van der Waals surface area contributed by atoms with Gasteiger partial charge in [0.25, 0.3) is 0 Å². The van der Waals surface area contributed by atoms with Gasteiger partial charge in [0.1, 0.15) is 0 Å². The molecule has 0 amide bonds. The molecule has 0 bridgehead atoms. The Morgan fingerprint density at radius 3 is 2.57 bits per heavy atom. The van der Waals surface area contributed by atoms with Crippen LogP contribution in [0.15, 0.2) is 11.6 Å². The SMILES string of the molecule is CC(C)C1=CCC(C(F)(F)F)OCC1. The molecule has 0 aliphatic carbocycles. The maximum Gasteiger partial charge on any atom is 0.414 e. The highest BCUT2D eigenvalue weighted by Crippen LogP contribution is 2.29. The Bertz CT molecular complexity index is 218. The Labute approximate surface area is 81.9 Å². The second kappa shape index (κ2) is 4.34. The van der Waals surface area contributed by atoms with Gasteiger partial charge in [-0.25, -0.2) is 0 Å². The van der Waals surface area contributed by atoms with E-state index in [1.165, 1.54) is 0 Å². The molecule has 0 saturated carbocycles. The predicted molar refractivity (Wildman–Crippen MR) is 48.0 cm³/mol. The normalized spacial score (nSPS) is 24.7. The van der Waals surface area contributed by atoms with E-state index in [0.29, 0.717) is 12.3 Å². The Morgan fingerprint density at radius 2 is 2.07 bits per heavy atom. The molecule has 0 aromatic rings. The van der Waals surface area contributed by atoms with Gasteiger partial charge >= 0.3 is 6.18 Å². The fraction of sp³-hybridized carbons (Fsp3) is 0.800. The van der Waals surface area contributed by atoms with E-state index in [0.717, 1.165) is 5.57 Å². The highest BCUT2D eigenvalue weighted by Gasteiger charge is 2.40. The summed E-state index contributed by atoms with van der Waals surface area (Å²) in [6, 6.07) is 0. The molecule has 0 fully saturated rings. The van der Waals surface area contributed by atoms with Crippen LogP contribution in [0.25, 0.3) is 0 Å². The van der Waals surface area contributed by atoms with Crippen LogP contribution in [-0.2, 0) is 4.74 Å². The maximum absolute atomic E-state index is 12.3. The number of alkyl halides is 3. The molecule has 0 N–H and O–H groups in total. The van der Waals surface area contributed by atoms with Gasteiger partial charge in [0.2, 0.25) is 0 Å². The first-order valence-electron chi connectivity index (χ1n) is 4.78. The number of halogens is 3. The first-order chi connectivity index (χ1) is 6.41. The first-order valence-corrected chi connectivity index (χ1v) is 4.78. The van der Waals surface area contributed by atoms with Crippen LogP contribution in [0.2, 0.25) is 0 Å². The van der Waals surface area contributed by atoms with Gasteiger partial charge in [-0.05, 0) is 12.3 Å². The van der Waals surface area contributed by atoms with Crippen molar-refractivity contribution < 1.29 is 17.9 Å². The maximum atomic E-state index is 12.3. The molecule has 0 saturated heterocycles. The van der Waals surface area contributed by atoms with Crippen molar-refractivity contribution in [3.63, 3.8) is 0 Å². The summed E-state index contributed by atoms with van der Waals surface area (Å²) in [5.74, 6) is 0.311. The summed E-state index contributed by atoms with van der Waals surface area (Å²) >= 11 is 0. The molecule has 0 aromatic carbocycles. The lowest BCUT2D eigenvalue weighted by Gasteiger charge is -2.17. The lowest BCUT2D eigenvalue weighted by Crippen LogP contribution is -2.30. The van der Waals surface area contributed by atoms with Crippen molar-refractivity contribution in [3.8, 4) is 0 Å². The van der Waals surface area contributed by atoms with E-state index in [4.69, 9.17) is 4.74 Å². The molecule has 4 heteroatoms. The van der Waals surface area contributed by atoms with Crippen LogP contribution in [-0.4, -0.2) is 18.9 Å². The molecule has 1 heterocycles. The van der Waals surface area contributed by atoms with Gasteiger partial charge in [-0.2, -0.15) is 13.2 Å². The largest absolute Gasteiger partial charge is 0.414 e. The summed E-state index contributed by atoms with van der Waals surface area (Å²) in [6.45, 7) is 4.15. The van der Waals surface area contributed by atoms with Crippen molar-refractivity contribution in [1.82, 2.24) is 0 Å². The quantitative estimate of drug-likeness (QED) is 0.601. The van der Waals surface area contributed by atoms with Crippen LogP contribution in [0.1, 0.15) is 26.7 Å². The molecule has 1 unspecified atom stereocenters. The molecule has 0 aromatic heterocycles. The van der Waals surface area contributed by atoms with Gasteiger partial charge in [-0.3, -0.25) is 0 Å². The molecule has 0 spiro atoms. The Hall–Kier alpha value is -0.510. The van der Waals surface area contributed by atoms with E-state index < -0.39 is 12.3 Å².